The van der Waals surface area contributed by atoms with Gasteiger partial charge in [0, 0.05) is 41.1 Å². The third-order valence-electron chi connectivity index (χ3n) is 4.21. The number of nitrogens with zero attached hydrogens (tertiary/aromatic N) is 3. The summed E-state index contributed by atoms with van der Waals surface area (Å²) in [6, 6.07) is 8.34. The number of aromatic nitrogens is 1. The minimum absolute atomic E-state index is 0.0106. The van der Waals surface area contributed by atoms with Crippen LogP contribution in [0.3, 0.4) is 0 Å². The first-order chi connectivity index (χ1) is 14.8. The SMILES string of the molecule is O=C(CCCNC(=O)c1cccc([N+](=O)[O-])c1)N=Nc1c(O)[nH]c2c(Cl)cc(Cl)cc12. The van der Waals surface area contributed by atoms with E-state index >= 15 is 0 Å². The second kappa shape index (κ2) is 9.54. The predicted molar refractivity (Wildman–Crippen MR) is 114 cm³/mol. The average Bonchev–Trinajstić information content (AvgIpc) is 3.05. The van der Waals surface area contributed by atoms with Crippen molar-refractivity contribution in [1.29, 1.82) is 0 Å². The van der Waals surface area contributed by atoms with E-state index in [1.165, 1.54) is 36.4 Å². The van der Waals surface area contributed by atoms with Crippen LogP contribution in [0.2, 0.25) is 10.0 Å². The van der Waals surface area contributed by atoms with Gasteiger partial charge in [-0.2, -0.15) is 0 Å². The molecule has 0 fully saturated rings. The first-order valence-electron chi connectivity index (χ1n) is 8.93. The van der Waals surface area contributed by atoms with Crippen LogP contribution in [0.5, 0.6) is 5.88 Å². The molecule has 0 saturated heterocycles. The topological polar surface area (TPSA) is 150 Å². The summed E-state index contributed by atoms with van der Waals surface area (Å²) in [6.07, 6.45) is 0.263. The van der Waals surface area contributed by atoms with Crippen LogP contribution in [0.25, 0.3) is 10.9 Å². The van der Waals surface area contributed by atoms with Crippen LogP contribution in [0.15, 0.2) is 46.6 Å². The van der Waals surface area contributed by atoms with Gasteiger partial charge in [0.05, 0.1) is 15.5 Å². The summed E-state index contributed by atoms with van der Waals surface area (Å²) in [5.74, 6) is -1.36. The van der Waals surface area contributed by atoms with E-state index in [0.717, 1.165) is 0 Å². The van der Waals surface area contributed by atoms with Crippen molar-refractivity contribution in [2.75, 3.05) is 6.54 Å². The molecule has 1 heterocycles. The second-order valence-electron chi connectivity index (χ2n) is 6.39. The molecule has 0 aliphatic rings. The van der Waals surface area contributed by atoms with E-state index in [2.05, 4.69) is 20.5 Å². The largest absolute Gasteiger partial charge is 0.493 e. The molecule has 3 N–H and O–H groups in total. The molecule has 0 atom stereocenters. The fourth-order valence-corrected chi connectivity index (χ4v) is 3.29. The lowest BCUT2D eigenvalue weighted by Gasteiger charge is -2.04. The van der Waals surface area contributed by atoms with Crippen molar-refractivity contribution in [3.63, 3.8) is 0 Å². The number of fused-ring (bicyclic) bond motifs is 1. The number of H-pyrrole nitrogens is 1. The third-order valence-corrected chi connectivity index (χ3v) is 4.73. The van der Waals surface area contributed by atoms with Crippen molar-refractivity contribution < 1.29 is 19.6 Å². The number of aromatic amines is 1. The predicted octanol–water partition coefficient (Wildman–Crippen LogP) is 4.91. The standard InChI is InChI=1S/C19H15Cl2N5O5/c20-11-8-13-16(14(21)9-11)23-19(29)17(13)25-24-15(27)5-2-6-22-18(28)10-3-1-4-12(7-10)26(30)31/h1,3-4,7-9,23,29H,2,5-6H2,(H,22,28). The number of carbonyl (C=O) groups is 2. The number of non-ortho nitro benzene ring substituents is 1. The van der Waals surface area contributed by atoms with E-state index < -0.39 is 16.7 Å². The first-order valence-corrected chi connectivity index (χ1v) is 9.68. The summed E-state index contributed by atoms with van der Waals surface area (Å²) in [5, 5.41) is 31.7. The molecule has 0 aliphatic heterocycles. The van der Waals surface area contributed by atoms with Crippen LogP contribution < -0.4 is 5.32 Å². The maximum absolute atomic E-state index is 12.0. The van der Waals surface area contributed by atoms with Gasteiger partial charge in [-0.3, -0.25) is 19.7 Å². The highest BCUT2D eigenvalue weighted by Crippen LogP contribution is 2.40. The van der Waals surface area contributed by atoms with Crippen LogP contribution >= 0.6 is 23.2 Å². The minimum Gasteiger partial charge on any atom is -0.493 e. The van der Waals surface area contributed by atoms with Crippen molar-refractivity contribution in [2.45, 2.75) is 12.8 Å². The number of hydrogen-bond acceptors (Lipinski definition) is 6. The molecule has 0 spiro atoms. The maximum atomic E-state index is 12.0. The Hall–Kier alpha value is -3.50. The number of nitro benzene ring substituents is 1. The number of benzene rings is 2. The van der Waals surface area contributed by atoms with E-state index in [4.69, 9.17) is 23.2 Å². The minimum atomic E-state index is -0.589. The van der Waals surface area contributed by atoms with Gasteiger partial charge in [-0.15, -0.1) is 10.2 Å². The van der Waals surface area contributed by atoms with Gasteiger partial charge in [0.25, 0.3) is 17.5 Å². The molecule has 0 radical (unpaired) electrons. The highest BCUT2D eigenvalue weighted by molar-refractivity contribution is 6.38. The lowest BCUT2D eigenvalue weighted by molar-refractivity contribution is -0.384. The number of rotatable bonds is 7. The van der Waals surface area contributed by atoms with Crippen molar-refractivity contribution in [3.8, 4) is 5.88 Å². The highest BCUT2D eigenvalue weighted by atomic mass is 35.5. The first kappa shape index (κ1) is 22.2. The molecule has 1 aromatic heterocycles. The molecule has 10 nitrogen and oxygen atoms in total. The molecule has 3 aromatic rings. The van der Waals surface area contributed by atoms with Gasteiger partial charge >= 0.3 is 0 Å². The molecular formula is C19H15Cl2N5O5. The third kappa shape index (κ3) is 5.36. The lowest BCUT2D eigenvalue weighted by atomic mass is 10.2. The second-order valence-corrected chi connectivity index (χ2v) is 7.24. The number of nitro groups is 1. The molecule has 160 valence electrons. The average molecular weight is 464 g/mol. The van der Waals surface area contributed by atoms with Crippen molar-refractivity contribution in [3.05, 3.63) is 62.1 Å². The normalized spacial score (nSPS) is 11.2. The lowest BCUT2D eigenvalue weighted by Crippen LogP contribution is -2.24. The van der Waals surface area contributed by atoms with Gasteiger partial charge in [0.1, 0.15) is 0 Å². The van der Waals surface area contributed by atoms with E-state index in [0.29, 0.717) is 15.9 Å². The number of aromatic hydroxyl groups is 1. The Bertz CT molecular complexity index is 1210. The zero-order valence-corrected chi connectivity index (χ0v) is 17.3. The van der Waals surface area contributed by atoms with Gasteiger partial charge in [-0.05, 0) is 24.6 Å². The van der Waals surface area contributed by atoms with Crippen LogP contribution in [0.1, 0.15) is 23.2 Å². The summed E-state index contributed by atoms with van der Waals surface area (Å²) >= 11 is 12.0. The summed E-state index contributed by atoms with van der Waals surface area (Å²) in [5.41, 5.74) is 0.402. The van der Waals surface area contributed by atoms with E-state index in [1.54, 1.807) is 0 Å². The molecule has 2 amide bonds. The molecule has 2 aromatic carbocycles. The Labute approximate surface area is 185 Å². The number of hydrogen-bond donors (Lipinski definition) is 3. The fourth-order valence-electron chi connectivity index (χ4n) is 2.75. The molecule has 12 heteroatoms. The molecule has 3 rings (SSSR count). The fraction of sp³-hybridized carbons (Fsp3) is 0.158. The van der Waals surface area contributed by atoms with Gasteiger partial charge in [-0.1, -0.05) is 29.3 Å². The molecule has 0 unspecified atom stereocenters. The zero-order valence-electron chi connectivity index (χ0n) is 15.8. The molecule has 0 bridgehead atoms. The number of carbonyl (C=O) groups excluding carboxylic acids is 2. The highest BCUT2D eigenvalue weighted by Gasteiger charge is 2.15. The Kier molecular flexibility index (Phi) is 6.83. The number of azo groups is 1. The molecule has 0 saturated carbocycles. The Balaban J connectivity index is 1.54. The number of nitrogens with one attached hydrogen (secondary N) is 2. The van der Waals surface area contributed by atoms with E-state index in [1.807, 2.05) is 0 Å². The monoisotopic (exact) mass is 463 g/mol. The van der Waals surface area contributed by atoms with E-state index in [-0.39, 0.29) is 47.2 Å². The number of halogens is 2. The van der Waals surface area contributed by atoms with Crippen molar-refractivity contribution in [2.24, 2.45) is 10.2 Å². The Morgan fingerprint density at radius 1 is 1.23 bits per heavy atom. The summed E-state index contributed by atoms with van der Waals surface area (Å²) < 4.78 is 0. The molecular weight excluding hydrogens is 449 g/mol. The van der Waals surface area contributed by atoms with Gasteiger partial charge in [0.15, 0.2) is 5.69 Å². The summed E-state index contributed by atoms with van der Waals surface area (Å²) in [7, 11) is 0. The maximum Gasteiger partial charge on any atom is 0.270 e. The van der Waals surface area contributed by atoms with Crippen molar-refractivity contribution >= 4 is 57.3 Å². The van der Waals surface area contributed by atoms with E-state index in [9.17, 15) is 24.8 Å². The van der Waals surface area contributed by atoms with Crippen LogP contribution in [-0.2, 0) is 4.79 Å². The summed E-state index contributed by atoms with van der Waals surface area (Å²) in [6.45, 7) is 0.159. The van der Waals surface area contributed by atoms with Crippen LogP contribution in [-0.4, -0.2) is 33.4 Å². The van der Waals surface area contributed by atoms with Gasteiger partial charge in [-0.25, -0.2) is 0 Å². The zero-order chi connectivity index (χ0) is 22.5. The summed E-state index contributed by atoms with van der Waals surface area (Å²) in [4.78, 5) is 36.8. The van der Waals surface area contributed by atoms with Crippen LogP contribution in [0, 0.1) is 10.1 Å². The Morgan fingerprint density at radius 2 is 2.00 bits per heavy atom. The van der Waals surface area contributed by atoms with Gasteiger partial charge in [0.2, 0.25) is 5.88 Å². The van der Waals surface area contributed by atoms with Crippen molar-refractivity contribution in [1.82, 2.24) is 10.3 Å². The van der Waals surface area contributed by atoms with Crippen LogP contribution in [0.4, 0.5) is 11.4 Å². The smallest absolute Gasteiger partial charge is 0.270 e. The molecule has 31 heavy (non-hydrogen) atoms. The molecule has 0 aliphatic carbocycles. The quantitative estimate of drug-likeness (QED) is 0.197. The Morgan fingerprint density at radius 3 is 2.74 bits per heavy atom. The van der Waals surface area contributed by atoms with Gasteiger partial charge < -0.3 is 15.4 Å². The number of amides is 2.